The van der Waals surface area contributed by atoms with E-state index >= 15 is 0 Å². The van der Waals surface area contributed by atoms with E-state index < -0.39 is 0 Å². The van der Waals surface area contributed by atoms with Gasteiger partial charge >= 0.3 is 0 Å². The third kappa shape index (κ3) is 21.7. The Bertz CT molecular complexity index is 2850. The second-order valence-electron chi connectivity index (χ2n) is 21.6. The summed E-state index contributed by atoms with van der Waals surface area (Å²) in [4.78, 5) is 7.76. The van der Waals surface area contributed by atoms with E-state index in [2.05, 4.69) is 163 Å². The van der Waals surface area contributed by atoms with E-state index in [1.807, 2.05) is 84.9 Å². The number of piperazine rings is 2. The number of ether oxygens (including phenoxy) is 4. The van der Waals surface area contributed by atoms with Crippen molar-refractivity contribution in [2.24, 2.45) is 0 Å². The van der Waals surface area contributed by atoms with Crippen LogP contribution in [0.2, 0.25) is 0 Å². The number of hydrogen-bond donors (Lipinski definition) is 4. The number of rotatable bonds is 31. The summed E-state index contributed by atoms with van der Waals surface area (Å²) in [6, 6.07) is 73.0. The number of hydrogen-bond acceptors (Lipinski definition) is 11. The van der Waals surface area contributed by atoms with Crippen molar-refractivity contribution in [2.75, 3.05) is 91.6 Å². The minimum absolute atomic E-state index is 0.499. The standard InChI is InChI=1S/C52H60N4O4.C20H27N3/c1-5-15-43(16-6-1)39-57-49-25-23-47(35-51(49)59-41-45-19-9-3-10-20-45)37-53-27-13-29-55-31-33-56(34-32-55)30-14-28-54-38-48-24-26-50(58-40-44-17-7-2-8-18-44)52(36-48)60-42-46-21-11-4-12-22-46;1-2-5-19(6-3-1)20-9-7-18(8-10-20)17-22-11-4-14-23-15-12-21-13-16-23/h1-12,15-26,35-36,53-54H,13-14,27-34,37-42H2;1-3,5-10,21-22H,4,11-17H2. The molecule has 0 radical (unpaired) electrons. The molecule has 0 amide bonds. The number of nitrogens with one attached hydrogen (secondary N) is 4. The summed E-state index contributed by atoms with van der Waals surface area (Å²) in [5.41, 5.74) is 10.8. The summed E-state index contributed by atoms with van der Waals surface area (Å²) < 4.78 is 25.0. The van der Waals surface area contributed by atoms with Crippen LogP contribution in [-0.2, 0) is 46.1 Å². The highest BCUT2D eigenvalue weighted by atomic mass is 16.5. The first-order chi connectivity index (χ1) is 41.1. The molecule has 0 bridgehead atoms. The van der Waals surface area contributed by atoms with Crippen molar-refractivity contribution in [3.05, 3.63) is 251 Å². The van der Waals surface area contributed by atoms with Crippen LogP contribution >= 0.6 is 0 Å². The second-order valence-corrected chi connectivity index (χ2v) is 21.6. The fraction of sp³-hybridized carbons (Fsp3) is 0.333. The van der Waals surface area contributed by atoms with Gasteiger partial charge in [0.15, 0.2) is 23.0 Å². The van der Waals surface area contributed by atoms with E-state index in [9.17, 15) is 0 Å². The average molecular weight is 1110 g/mol. The van der Waals surface area contributed by atoms with Gasteiger partial charge < -0.3 is 54.9 Å². The van der Waals surface area contributed by atoms with Crippen LogP contribution in [0.15, 0.2) is 212 Å². The molecule has 0 aromatic heterocycles. The smallest absolute Gasteiger partial charge is 0.162 e. The molecule has 0 saturated carbocycles. The lowest BCUT2D eigenvalue weighted by Gasteiger charge is -2.34. The van der Waals surface area contributed by atoms with E-state index in [-0.39, 0.29) is 0 Å². The molecule has 0 atom stereocenters. The van der Waals surface area contributed by atoms with Gasteiger partial charge in [0.25, 0.3) is 0 Å². The van der Waals surface area contributed by atoms with Crippen molar-refractivity contribution in [1.82, 2.24) is 36.0 Å². The van der Waals surface area contributed by atoms with Crippen LogP contribution in [0.3, 0.4) is 0 Å². The molecule has 83 heavy (non-hydrogen) atoms. The second kappa shape index (κ2) is 35.0. The summed E-state index contributed by atoms with van der Waals surface area (Å²) >= 11 is 0. The van der Waals surface area contributed by atoms with Gasteiger partial charge in [-0.1, -0.05) is 188 Å². The van der Waals surface area contributed by atoms with Gasteiger partial charge in [-0.2, -0.15) is 0 Å². The largest absolute Gasteiger partial charge is 0.485 e. The molecule has 2 saturated heterocycles. The summed E-state index contributed by atoms with van der Waals surface area (Å²) in [6.45, 7) is 20.2. The molecule has 4 N–H and O–H groups in total. The number of benzene rings is 8. The molecule has 8 aromatic rings. The van der Waals surface area contributed by atoms with Crippen molar-refractivity contribution < 1.29 is 18.9 Å². The maximum atomic E-state index is 6.29. The molecule has 0 unspecified atom stereocenters. The molecule has 11 heteroatoms. The van der Waals surface area contributed by atoms with Gasteiger partial charge in [-0.15, -0.1) is 0 Å². The number of nitrogens with zero attached hydrogens (tertiary/aromatic N) is 3. The molecular weight excluding hydrogens is 1030 g/mol. The van der Waals surface area contributed by atoms with Gasteiger partial charge in [-0.3, -0.25) is 0 Å². The zero-order valence-corrected chi connectivity index (χ0v) is 48.7. The van der Waals surface area contributed by atoms with Crippen molar-refractivity contribution in [1.29, 1.82) is 0 Å². The Hall–Kier alpha value is -7.32. The lowest BCUT2D eigenvalue weighted by atomic mass is 10.0. The molecule has 2 aliphatic heterocycles. The van der Waals surface area contributed by atoms with Crippen molar-refractivity contribution in [3.8, 4) is 34.1 Å². The summed E-state index contributed by atoms with van der Waals surface area (Å²) in [7, 11) is 0. The van der Waals surface area contributed by atoms with Gasteiger partial charge in [-0.25, -0.2) is 0 Å². The molecule has 11 nitrogen and oxygen atoms in total. The summed E-state index contributed by atoms with van der Waals surface area (Å²) in [5.74, 6) is 3.08. The van der Waals surface area contributed by atoms with Crippen molar-refractivity contribution in [3.63, 3.8) is 0 Å². The Balaban J connectivity index is 0.000000299. The van der Waals surface area contributed by atoms with E-state index in [0.29, 0.717) is 26.4 Å². The van der Waals surface area contributed by atoms with Gasteiger partial charge in [-0.05, 0) is 133 Å². The van der Waals surface area contributed by atoms with Gasteiger partial charge in [0.2, 0.25) is 0 Å². The van der Waals surface area contributed by atoms with Crippen LogP contribution in [0.1, 0.15) is 58.2 Å². The first kappa shape index (κ1) is 60.3. The molecule has 0 spiro atoms. The van der Waals surface area contributed by atoms with Crippen LogP contribution in [0.4, 0.5) is 0 Å². The zero-order chi connectivity index (χ0) is 56.6. The zero-order valence-electron chi connectivity index (χ0n) is 48.7. The fourth-order valence-electron chi connectivity index (χ4n) is 10.3. The van der Waals surface area contributed by atoms with E-state index in [0.717, 1.165) is 150 Å². The molecule has 2 heterocycles. The van der Waals surface area contributed by atoms with E-state index in [4.69, 9.17) is 18.9 Å². The van der Waals surface area contributed by atoms with Crippen LogP contribution in [0.25, 0.3) is 11.1 Å². The topological polar surface area (TPSA) is 94.8 Å². The third-order valence-corrected chi connectivity index (χ3v) is 15.2. The lowest BCUT2D eigenvalue weighted by Crippen LogP contribution is -2.47. The average Bonchev–Trinajstić information content (AvgIpc) is 3.60. The maximum Gasteiger partial charge on any atom is 0.162 e. The minimum atomic E-state index is 0.499. The first-order valence-corrected chi connectivity index (χ1v) is 30.2. The van der Waals surface area contributed by atoms with Crippen molar-refractivity contribution >= 4 is 0 Å². The molecule has 434 valence electrons. The molecule has 2 fully saturated rings. The Morgan fingerprint density at radius 2 is 0.614 bits per heavy atom. The van der Waals surface area contributed by atoms with E-state index in [1.54, 1.807) is 0 Å². The monoisotopic (exact) mass is 1110 g/mol. The third-order valence-electron chi connectivity index (χ3n) is 15.2. The van der Waals surface area contributed by atoms with Crippen LogP contribution in [-0.4, -0.2) is 106 Å². The van der Waals surface area contributed by atoms with Gasteiger partial charge in [0, 0.05) is 72.0 Å². The molecule has 0 aliphatic carbocycles. The van der Waals surface area contributed by atoms with E-state index in [1.165, 1.54) is 53.9 Å². The van der Waals surface area contributed by atoms with Crippen LogP contribution in [0, 0.1) is 0 Å². The predicted molar refractivity (Wildman–Crippen MR) is 339 cm³/mol. The highest BCUT2D eigenvalue weighted by Gasteiger charge is 2.17. The Labute approximate surface area is 495 Å². The molecular formula is C72H87N7O4. The highest BCUT2D eigenvalue weighted by molar-refractivity contribution is 5.63. The molecule has 8 aromatic carbocycles. The molecule has 10 rings (SSSR count). The van der Waals surface area contributed by atoms with Crippen LogP contribution < -0.4 is 40.2 Å². The first-order valence-electron chi connectivity index (χ1n) is 30.2. The predicted octanol–water partition coefficient (Wildman–Crippen LogP) is 12.0. The van der Waals surface area contributed by atoms with Gasteiger partial charge in [0.1, 0.15) is 26.4 Å². The summed E-state index contributed by atoms with van der Waals surface area (Å²) in [5, 5.41) is 14.3. The van der Waals surface area contributed by atoms with Crippen molar-refractivity contribution in [2.45, 2.75) is 65.3 Å². The lowest BCUT2D eigenvalue weighted by molar-refractivity contribution is 0.130. The summed E-state index contributed by atoms with van der Waals surface area (Å²) in [6.07, 6.45) is 3.47. The Kier molecular flexibility index (Phi) is 25.4. The molecule has 2 aliphatic rings. The highest BCUT2D eigenvalue weighted by Crippen LogP contribution is 2.32. The van der Waals surface area contributed by atoms with Gasteiger partial charge in [0.05, 0.1) is 0 Å². The normalized spacial score (nSPS) is 13.9. The van der Waals surface area contributed by atoms with Crippen LogP contribution in [0.5, 0.6) is 23.0 Å². The quantitative estimate of drug-likeness (QED) is 0.0313. The minimum Gasteiger partial charge on any atom is -0.485 e. The Morgan fingerprint density at radius 3 is 1.00 bits per heavy atom. The Morgan fingerprint density at radius 1 is 0.301 bits per heavy atom. The maximum absolute atomic E-state index is 6.29. The fourth-order valence-corrected chi connectivity index (χ4v) is 10.3. The SMILES string of the molecule is c1ccc(-c2ccc(CNCCCN3CCNCC3)cc2)cc1.c1ccc(COc2ccc(CNCCCN3CCN(CCCNCc4ccc(OCc5ccccc5)c(OCc5ccccc5)c4)CC3)cc2OCc2ccccc2)cc1.